The third-order valence-electron chi connectivity index (χ3n) is 6.04. The van der Waals surface area contributed by atoms with Gasteiger partial charge in [0, 0.05) is 31.6 Å². The van der Waals surface area contributed by atoms with Crippen molar-refractivity contribution in [2.24, 2.45) is 5.16 Å². The van der Waals surface area contributed by atoms with E-state index in [2.05, 4.69) is 10.1 Å². The highest BCUT2D eigenvalue weighted by Crippen LogP contribution is 2.33. The summed E-state index contributed by atoms with van der Waals surface area (Å²) in [6.07, 6.45) is 1.43. The summed E-state index contributed by atoms with van der Waals surface area (Å²) in [7, 11) is 1.65. The number of oxime groups is 1. The van der Waals surface area contributed by atoms with Crippen molar-refractivity contribution < 1.29 is 33.3 Å². The fraction of sp³-hybridized carbons (Fsp3) is 0.370. The average molecular weight is 495 g/mol. The van der Waals surface area contributed by atoms with E-state index < -0.39 is 6.10 Å². The molecule has 0 aliphatic carbocycles. The van der Waals surface area contributed by atoms with E-state index in [-0.39, 0.29) is 19.5 Å². The summed E-state index contributed by atoms with van der Waals surface area (Å²) in [5.74, 6) is 2.97. The van der Waals surface area contributed by atoms with E-state index in [1.54, 1.807) is 13.4 Å². The van der Waals surface area contributed by atoms with E-state index in [9.17, 15) is 5.11 Å². The first kappa shape index (κ1) is 24.2. The molecule has 2 atom stereocenters. The van der Waals surface area contributed by atoms with Gasteiger partial charge in [0.05, 0.1) is 31.8 Å². The molecule has 9 heteroatoms. The zero-order valence-corrected chi connectivity index (χ0v) is 20.2. The summed E-state index contributed by atoms with van der Waals surface area (Å²) in [4.78, 5) is 7.94. The molecule has 0 spiro atoms. The Morgan fingerprint density at radius 3 is 2.89 bits per heavy atom. The van der Waals surface area contributed by atoms with Gasteiger partial charge in [-0.25, -0.2) is 0 Å². The smallest absolute Gasteiger partial charge is 0.231 e. The van der Waals surface area contributed by atoms with Crippen molar-refractivity contribution in [1.82, 2.24) is 4.90 Å². The Balaban J connectivity index is 1.20. The van der Waals surface area contributed by atoms with Crippen molar-refractivity contribution in [3.8, 4) is 17.2 Å². The predicted molar refractivity (Wildman–Crippen MR) is 131 cm³/mol. The first-order valence-electron chi connectivity index (χ1n) is 11.9. The Labute approximate surface area is 209 Å². The second-order valence-electron chi connectivity index (χ2n) is 8.83. The molecule has 0 fully saturated rings. The minimum absolute atomic E-state index is 0.146. The maximum absolute atomic E-state index is 10.7. The third kappa shape index (κ3) is 6.17. The number of ether oxygens (including phenoxy) is 4. The fourth-order valence-corrected chi connectivity index (χ4v) is 4.33. The van der Waals surface area contributed by atoms with Crippen LogP contribution in [-0.2, 0) is 22.7 Å². The zero-order valence-electron chi connectivity index (χ0n) is 20.2. The van der Waals surface area contributed by atoms with Gasteiger partial charge in [0.15, 0.2) is 11.5 Å². The number of furan rings is 1. The van der Waals surface area contributed by atoms with Crippen molar-refractivity contribution in [2.45, 2.75) is 31.8 Å². The third-order valence-corrected chi connectivity index (χ3v) is 6.04. The van der Waals surface area contributed by atoms with Crippen molar-refractivity contribution >= 4 is 5.71 Å². The van der Waals surface area contributed by atoms with Gasteiger partial charge in [-0.3, -0.25) is 4.90 Å². The number of rotatable bonds is 12. The summed E-state index contributed by atoms with van der Waals surface area (Å²) in [5.41, 5.74) is 2.89. The van der Waals surface area contributed by atoms with E-state index in [0.29, 0.717) is 32.7 Å². The second-order valence-corrected chi connectivity index (χ2v) is 8.83. The van der Waals surface area contributed by atoms with Crippen molar-refractivity contribution in [1.29, 1.82) is 0 Å². The SMILES string of the molecule is COc1cccc(CN(C[C@H](O)COCc2ccco2)C[C@@H]2CC(c3ccc4c(c3)OCO4)=NO2)c1. The molecular weight excluding hydrogens is 464 g/mol. The normalized spacial score (nSPS) is 17.2. The molecule has 9 nitrogen and oxygen atoms in total. The lowest BCUT2D eigenvalue weighted by Crippen LogP contribution is -2.39. The summed E-state index contributed by atoms with van der Waals surface area (Å²) in [6.45, 7) is 2.36. The minimum atomic E-state index is -0.679. The van der Waals surface area contributed by atoms with Gasteiger partial charge in [-0.2, -0.15) is 0 Å². The first-order chi connectivity index (χ1) is 17.7. The molecule has 2 aliphatic heterocycles. The topological polar surface area (TPSA) is 95.1 Å². The van der Waals surface area contributed by atoms with E-state index >= 15 is 0 Å². The molecule has 0 bridgehead atoms. The molecule has 190 valence electrons. The molecule has 2 aromatic carbocycles. The van der Waals surface area contributed by atoms with Crippen molar-refractivity contribution in [3.63, 3.8) is 0 Å². The maximum atomic E-state index is 10.7. The van der Waals surface area contributed by atoms with E-state index in [1.165, 1.54) is 0 Å². The van der Waals surface area contributed by atoms with Gasteiger partial charge in [0.2, 0.25) is 6.79 Å². The standard InChI is InChI=1S/C27H30N2O7/c1-31-22-5-2-4-19(10-22)13-29(14-21(30)16-32-17-23-6-3-9-33-23)15-24-12-25(28-36-24)20-7-8-26-27(11-20)35-18-34-26/h2-11,21,24,30H,12-18H2,1H3/t21-,24-/m0/s1. The molecule has 2 aliphatic rings. The number of hydrogen-bond acceptors (Lipinski definition) is 9. The van der Waals surface area contributed by atoms with Gasteiger partial charge in [0.25, 0.3) is 0 Å². The number of aliphatic hydroxyl groups is 1. The van der Waals surface area contributed by atoms with Crippen LogP contribution in [0.1, 0.15) is 23.3 Å². The van der Waals surface area contributed by atoms with E-state index in [0.717, 1.165) is 39.8 Å². The van der Waals surface area contributed by atoms with Crippen LogP contribution in [0.5, 0.6) is 17.2 Å². The van der Waals surface area contributed by atoms with Gasteiger partial charge in [-0.1, -0.05) is 17.3 Å². The molecular formula is C27H30N2O7. The molecule has 3 heterocycles. The number of aliphatic hydroxyl groups excluding tert-OH is 1. The van der Waals surface area contributed by atoms with Gasteiger partial charge in [0.1, 0.15) is 24.2 Å². The highest BCUT2D eigenvalue weighted by atomic mass is 16.7. The number of fused-ring (bicyclic) bond motifs is 1. The largest absolute Gasteiger partial charge is 0.497 e. The Kier molecular flexibility index (Phi) is 7.70. The Morgan fingerprint density at radius 2 is 2.03 bits per heavy atom. The lowest BCUT2D eigenvalue weighted by Gasteiger charge is -2.27. The molecule has 0 saturated heterocycles. The summed E-state index contributed by atoms with van der Waals surface area (Å²) in [6, 6.07) is 17.4. The quantitative estimate of drug-likeness (QED) is 0.408. The predicted octanol–water partition coefficient (Wildman–Crippen LogP) is 3.59. The van der Waals surface area contributed by atoms with Crippen molar-refractivity contribution in [2.75, 3.05) is 33.6 Å². The Morgan fingerprint density at radius 1 is 1.11 bits per heavy atom. The van der Waals surface area contributed by atoms with Crippen LogP contribution in [0, 0.1) is 0 Å². The fourth-order valence-electron chi connectivity index (χ4n) is 4.33. The van der Waals surface area contributed by atoms with Gasteiger partial charge >= 0.3 is 0 Å². The number of methoxy groups -OCH3 is 1. The molecule has 3 aromatic rings. The van der Waals surface area contributed by atoms with Gasteiger partial charge in [-0.15, -0.1) is 0 Å². The molecule has 36 heavy (non-hydrogen) atoms. The highest BCUT2D eigenvalue weighted by molar-refractivity contribution is 6.01. The van der Waals surface area contributed by atoms with Crippen LogP contribution >= 0.6 is 0 Å². The van der Waals surface area contributed by atoms with E-state index in [4.69, 9.17) is 28.2 Å². The Hall–Kier alpha value is -3.53. The van der Waals surface area contributed by atoms with Crippen LogP contribution in [0.15, 0.2) is 70.4 Å². The van der Waals surface area contributed by atoms with Crippen LogP contribution in [0.4, 0.5) is 0 Å². The number of nitrogens with zero attached hydrogens (tertiary/aromatic N) is 2. The zero-order chi connectivity index (χ0) is 24.7. The molecule has 0 amide bonds. The van der Waals surface area contributed by atoms with Crippen LogP contribution in [0.3, 0.4) is 0 Å². The van der Waals surface area contributed by atoms with Crippen LogP contribution < -0.4 is 14.2 Å². The summed E-state index contributed by atoms with van der Waals surface area (Å²) < 4.78 is 27.2. The second kappa shape index (κ2) is 11.5. The molecule has 0 radical (unpaired) electrons. The van der Waals surface area contributed by atoms with Gasteiger partial charge < -0.3 is 33.3 Å². The minimum Gasteiger partial charge on any atom is -0.497 e. The van der Waals surface area contributed by atoms with Crippen LogP contribution in [0.25, 0.3) is 0 Å². The number of benzene rings is 2. The van der Waals surface area contributed by atoms with Gasteiger partial charge in [-0.05, 0) is 48.0 Å². The lowest BCUT2D eigenvalue weighted by atomic mass is 10.0. The van der Waals surface area contributed by atoms with Crippen LogP contribution in [-0.4, -0.2) is 61.5 Å². The Bertz CT molecular complexity index is 1160. The molecule has 1 N–H and O–H groups in total. The summed E-state index contributed by atoms with van der Waals surface area (Å²) >= 11 is 0. The highest BCUT2D eigenvalue weighted by Gasteiger charge is 2.27. The first-order valence-corrected chi connectivity index (χ1v) is 11.9. The maximum Gasteiger partial charge on any atom is 0.231 e. The molecule has 0 saturated carbocycles. The number of hydrogen-bond donors (Lipinski definition) is 1. The molecule has 1 aromatic heterocycles. The average Bonchev–Trinajstić information content (AvgIpc) is 3.66. The molecule has 5 rings (SSSR count). The lowest BCUT2D eigenvalue weighted by molar-refractivity contribution is -0.00956. The van der Waals surface area contributed by atoms with Crippen molar-refractivity contribution in [3.05, 3.63) is 77.7 Å². The van der Waals surface area contributed by atoms with E-state index in [1.807, 2.05) is 54.6 Å². The summed E-state index contributed by atoms with van der Waals surface area (Å²) in [5, 5.41) is 15.0. The van der Waals surface area contributed by atoms with Crippen LogP contribution in [0.2, 0.25) is 0 Å². The monoisotopic (exact) mass is 494 g/mol. The molecule has 0 unspecified atom stereocenters.